The number of carbonyl (C=O) groups excluding carboxylic acids is 2. The van der Waals surface area contributed by atoms with Gasteiger partial charge < -0.3 is 19.9 Å². The molecule has 0 aliphatic rings. The van der Waals surface area contributed by atoms with E-state index in [0.717, 1.165) is 17.4 Å². The van der Waals surface area contributed by atoms with Crippen LogP contribution in [0.3, 0.4) is 0 Å². The van der Waals surface area contributed by atoms with E-state index in [1.807, 2.05) is 6.92 Å². The SMILES string of the molecule is C=CC(=O)Nc1ccc(Oc2c(C)cc(F)cc2C)c(-n2cc(C)c(=O)c3sc(C(=O)NCC)cc32)c1. The van der Waals surface area contributed by atoms with Gasteiger partial charge in [-0.25, -0.2) is 4.39 Å². The van der Waals surface area contributed by atoms with Crippen LogP contribution in [0.2, 0.25) is 0 Å². The van der Waals surface area contributed by atoms with Crippen molar-refractivity contribution in [3.05, 3.63) is 92.9 Å². The van der Waals surface area contributed by atoms with E-state index in [9.17, 15) is 18.8 Å². The molecule has 0 spiro atoms. The average Bonchev–Trinajstić information content (AvgIpc) is 3.30. The standard InChI is InChI=1S/C28H26FN3O4S/c1-6-24(33)31-19-8-9-22(36-26-15(3)10-18(29)11-16(26)4)20(12-19)32-14-17(5)25(34)27-21(32)13-23(37-27)28(35)30-7-2/h6,8-14H,1,7H2,2-5H3,(H,30,35)(H,31,33). The molecule has 0 radical (unpaired) electrons. The average molecular weight is 520 g/mol. The lowest BCUT2D eigenvalue weighted by Gasteiger charge is -2.19. The number of pyridine rings is 1. The summed E-state index contributed by atoms with van der Waals surface area (Å²) in [5.41, 5.74) is 3.03. The van der Waals surface area contributed by atoms with Gasteiger partial charge in [-0.1, -0.05) is 6.58 Å². The van der Waals surface area contributed by atoms with Crippen LogP contribution in [0.4, 0.5) is 10.1 Å². The van der Waals surface area contributed by atoms with Crippen LogP contribution in [0.1, 0.15) is 33.3 Å². The number of hydrogen-bond acceptors (Lipinski definition) is 5. The second-order valence-corrected chi connectivity index (χ2v) is 9.59. The van der Waals surface area contributed by atoms with E-state index in [-0.39, 0.29) is 23.1 Å². The molecule has 4 aromatic rings. The molecule has 0 aliphatic carbocycles. The highest BCUT2D eigenvalue weighted by atomic mass is 32.1. The molecule has 4 rings (SSSR count). The molecule has 2 aromatic carbocycles. The minimum Gasteiger partial charge on any atom is -0.455 e. The molecular formula is C28H26FN3O4S. The fraction of sp³-hybridized carbons (Fsp3) is 0.179. The maximum atomic E-state index is 13.9. The van der Waals surface area contributed by atoms with E-state index in [0.29, 0.717) is 61.2 Å². The van der Waals surface area contributed by atoms with Crippen molar-refractivity contribution in [1.29, 1.82) is 0 Å². The zero-order chi connectivity index (χ0) is 26.9. The number of fused-ring (bicyclic) bond motifs is 1. The summed E-state index contributed by atoms with van der Waals surface area (Å²) in [6.45, 7) is 11.0. The Morgan fingerprint density at radius 1 is 1.11 bits per heavy atom. The number of nitrogens with one attached hydrogen (secondary N) is 2. The Morgan fingerprint density at radius 3 is 2.46 bits per heavy atom. The lowest BCUT2D eigenvalue weighted by molar-refractivity contribution is -0.111. The first-order valence-corrected chi connectivity index (χ1v) is 12.4. The number of rotatable bonds is 7. The van der Waals surface area contributed by atoms with Crippen LogP contribution < -0.4 is 20.8 Å². The fourth-order valence-corrected chi connectivity index (χ4v) is 5.09. The number of ether oxygens (including phenoxy) is 1. The molecule has 9 heteroatoms. The van der Waals surface area contributed by atoms with Gasteiger partial charge in [0.2, 0.25) is 11.3 Å². The largest absolute Gasteiger partial charge is 0.455 e. The van der Waals surface area contributed by atoms with Crippen molar-refractivity contribution in [3.63, 3.8) is 0 Å². The van der Waals surface area contributed by atoms with Gasteiger partial charge in [0.1, 0.15) is 11.6 Å². The molecular weight excluding hydrogens is 493 g/mol. The van der Waals surface area contributed by atoms with Crippen molar-refractivity contribution in [2.45, 2.75) is 27.7 Å². The summed E-state index contributed by atoms with van der Waals surface area (Å²) in [6.07, 6.45) is 2.83. The molecule has 0 atom stereocenters. The first-order valence-electron chi connectivity index (χ1n) is 11.6. The first-order chi connectivity index (χ1) is 17.6. The third-order valence-corrected chi connectivity index (χ3v) is 6.85. The third kappa shape index (κ3) is 5.17. The number of halogens is 1. The van der Waals surface area contributed by atoms with Gasteiger partial charge in [0.05, 0.1) is 20.8 Å². The van der Waals surface area contributed by atoms with Gasteiger partial charge in [-0.15, -0.1) is 11.3 Å². The predicted octanol–water partition coefficient (Wildman–Crippen LogP) is 5.78. The van der Waals surface area contributed by atoms with Crippen LogP contribution in [0, 0.1) is 26.6 Å². The molecule has 0 saturated heterocycles. The van der Waals surface area contributed by atoms with E-state index in [1.54, 1.807) is 55.8 Å². The molecule has 2 amide bonds. The van der Waals surface area contributed by atoms with Gasteiger partial charge in [0, 0.05) is 24.0 Å². The van der Waals surface area contributed by atoms with Gasteiger partial charge in [-0.2, -0.15) is 0 Å². The van der Waals surface area contributed by atoms with E-state index < -0.39 is 0 Å². The molecule has 2 aromatic heterocycles. The maximum absolute atomic E-state index is 13.9. The smallest absolute Gasteiger partial charge is 0.261 e. The minimum absolute atomic E-state index is 0.171. The second-order valence-electron chi connectivity index (χ2n) is 8.54. The van der Waals surface area contributed by atoms with Crippen molar-refractivity contribution in [1.82, 2.24) is 9.88 Å². The van der Waals surface area contributed by atoms with Crippen molar-refractivity contribution in [2.75, 3.05) is 11.9 Å². The zero-order valence-corrected chi connectivity index (χ0v) is 21.7. The van der Waals surface area contributed by atoms with E-state index >= 15 is 0 Å². The van der Waals surface area contributed by atoms with Gasteiger partial charge in [0.25, 0.3) is 5.91 Å². The molecule has 190 valence electrons. The fourth-order valence-electron chi connectivity index (χ4n) is 4.01. The van der Waals surface area contributed by atoms with Crippen LogP contribution in [-0.2, 0) is 4.79 Å². The summed E-state index contributed by atoms with van der Waals surface area (Å²) in [5, 5.41) is 5.50. The Kier molecular flexibility index (Phi) is 7.26. The Balaban J connectivity index is 1.97. The summed E-state index contributed by atoms with van der Waals surface area (Å²) in [6, 6.07) is 9.51. The third-order valence-electron chi connectivity index (χ3n) is 5.73. The second kappa shape index (κ2) is 10.4. The van der Waals surface area contributed by atoms with Gasteiger partial charge in [-0.3, -0.25) is 14.4 Å². The summed E-state index contributed by atoms with van der Waals surface area (Å²) in [7, 11) is 0. The van der Waals surface area contributed by atoms with Crippen LogP contribution in [0.15, 0.2) is 60.0 Å². The summed E-state index contributed by atoms with van der Waals surface area (Å²) < 4.78 is 22.4. The highest BCUT2D eigenvalue weighted by Crippen LogP contribution is 2.37. The van der Waals surface area contributed by atoms with E-state index in [4.69, 9.17) is 4.74 Å². The monoisotopic (exact) mass is 519 g/mol. The number of nitrogens with zero attached hydrogens (tertiary/aromatic N) is 1. The molecule has 0 bridgehead atoms. The number of aryl methyl sites for hydroxylation is 3. The predicted molar refractivity (Wildman–Crippen MR) is 145 cm³/mol. The summed E-state index contributed by atoms with van der Waals surface area (Å²) in [4.78, 5) is 37.9. The Bertz CT molecular complexity index is 1600. The minimum atomic E-state index is -0.389. The summed E-state index contributed by atoms with van der Waals surface area (Å²) >= 11 is 1.12. The molecule has 0 aliphatic heterocycles. The Labute approximate surface area is 217 Å². The van der Waals surface area contributed by atoms with Crippen LogP contribution in [0.25, 0.3) is 15.9 Å². The molecule has 37 heavy (non-hydrogen) atoms. The lowest BCUT2D eigenvalue weighted by Crippen LogP contribution is -2.21. The van der Waals surface area contributed by atoms with E-state index in [2.05, 4.69) is 17.2 Å². The van der Waals surface area contributed by atoms with Crippen LogP contribution in [-0.4, -0.2) is 22.9 Å². The molecule has 7 nitrogen and oxygen atoms in total. The van der Waals surface area contributed by atoms with Gasteiger partial charge in [-0.05, 0) is 81.3 Å². The zero-order valence-electron chi connectivity index (χ0n) is 20.9. The van der Waals surface area contributed by atoms with Crippen molar-refractivity contribution in [2.24, 2.45) is 0 Å². The van der Waals surface area contributed by atoms with Crippen LogP contribution in [0.5, 0.6) is 11.5 Å². The van der Waals surface area contributed by atoms with Crippen molar-refractivity contribution < 1.29 is 18.7 Å². The van der Waals surface area contributed by atoms with E-state index in [1.165, 1.54) is 12.1 Å². The van der Waals surface area contributed by atoms with Gasteiger partial charge >= 0.3 is 0 Å². The number of benzene rings is 2. The Hall–Kier alpha value is -4.24. The quantitative estimate of drug-likeness (QED) is 0.303. The highest BCUT2D eigenvalue weighted by molar-refractivity contribution is 7.20. The number of anilines is 1. The first kappa shape index (κ1) is 25.8. The number of aromatic nitrogens is 1. The van der Waals surface area contributed by atoms with Crippen molar-refractivity contribution >= 4 is 39.1 Å². The molecule has 0 saturated carbocycles. The Morgan fingerprint density at radius 2 is 1.81 bits per heavy atom. The highest BCUT2D eigenvalue weighted by Gasteiger charge is 2.19. The maximum Gasteiger partial charge on any atom is 0.261 e. The number of amides is 2. The number of carbonyl (C=O) groups is 2. The molecule has 0 unspecified atom stereocenters. The molecule has 2 heterocycles. The number of hydrogen-bond donors (Lipinski definition) is 2. The van der Waals surface area contributed by atoms with Crippen molar-refractivity contribution in [3.8, 4) is 17.2 Å². The van der Waals surface area contributed by atoms with Crippen LogP contribution >= 0.6 is 11.3 Å². The van der Waals surface area contributed by atoms with Gasteiger partial charge in [0.15, 0.2) is 5.75 Å². The summed E-state index contributed by atoms with van der Waals surface area (Å²) in [5.74, 6) is -0.121. The number of thiophene rings is 1. The molecule has 0 fully saturated rings. The molecule has 2 N–H and O–H groups in total. The lowest BCUT2D eigenvalue weighted by atomic mass is 10.1. The topological polar surface area (TPSA) is 89.4 Å². The normalized spacial score (nSPS) is 10.8.